The molecule has 0 aliphatic carbocycles. The van der Waals surface area contributed by atoms with Gasteiger partial charge in [-0.15, -0.1) is 0 Å². The molecule has 0 saturated carbocycles. The van der Waals surface area contributed by atoms with Crippen molar-refractivity contribution in [2.75, 3.05) is 32.8 Å². The van der Waals surface area contributed by atoms with Crippen molar-refractivity contribution in [3.8, 4) is 0 Å². The Morgan fingerprint density at radius 1 is 1.24 bits per heavy atom. The third kappa shape index (κ3) is 3.72. The van der Waals surface area contributed by atoms with Gasteiger partial charge in [-0.25, -0.2) is 4.39 Å². The first-order valence-corrected chi connectivity index (χ1v) is 6.86. The maximum Gasteiger partial charge on any atom is 0.419 e. The first kappa shape index (κ1) is 16.2. The number of alkyl halides is 3. The Hall–Kier alpha value is -1.18. The van der Waals surface area contributed by atoms with Gasteiger partial charge in [-0.1, -0.05) is 12.1 Å². The van der Waals surface area contributed by atoms with Gasteiger partial charge in [-0.05, 0) is 12.5 Å². The van der Waals surface area contributed by atoms with Gasteiger partial charge in [0.1, 0.15) is 5.82 Å². The van der Waals surface area contributed by atoms with Crippen LogP contribution < -0.4 is 5.32 Å². The van der Waals surface area contributed by atoms with Crippen molar-refractivity contribution in [3.05, 3.63) is 35.1 Å². The normalized spacial score (nSPS) is 18.7. The molecule has 21 heavy (non-hydrogen) atoms. The highest BCUT2D eigenvalue weighted by Gasteiger charge is 2.36. The van der Waals surface area contributed by atoms with Crippen LogP contribution in [0.1, 0.15) is 23.6 Å². The fourth-order valence-corrected chi connectivity index (χ4v) is 2.68. The van der Waals surface area contributed by atoms with Gasteiger partial charge >= 0.3 is 6.18 Å². The molecule has 3 nitrogen and oxygen atoms in total. The molecule has 0 bridgehead atoms. The van der Waals surface area contributed by atoms with E-state index in [9.17, 15) is 17.6 Å². The van der Waals surface area contributed by atoms with Crippen molar-refractivity contribution in [1.29, 1.82) is 0 Å². The second-order valence-corrected chi connectivity index (χ2v) is 5.02. The van der Waals surface area contributed by atoms with Gasteiger partial charge in [0.25, 0.3) is 0 Å². The molecule has 1 heterocycles. The van der Waals surface area contributed by atoms with Gasteiger partial charge in [-0.3, -0.25) is 4.90 Å². The van der Waals surface area contributed by atoms with E-state index in [1.54, 1.807) is 0 Å². The lowest BCUT2D eigenvalue weighted by Gasteiger charge is -2.35. The van der Waals surface area contributed by atoms with Gasteiger partial charge in [0, 0.05) is 44.4 Å². The number of hydrogen-bond acceptors (Lipinski definition) is 3. The SMILES string of the molecule is OCC[C@H](c1cccc(C(F)(F)F)c1F)N1CCNCC1. The van der Waals surface area contributed by atoms with Crippen LogP contribution >= 0.6 is 0 Å². The van der Waals surface area contributed by atoms with E-state index in [0.29, 0.717) is 26.2 Å². The van der Waals surface area contributed by atoms with Crippen molar-refractivity contribution in [2.24, 2.45) is 0 Å². The van der Waals surface area contributed by atoms with Gasteiger partial charge < -0.3 is 10.4 Å². The number of piperazine rings is 1. The van der Waals surface area contributed by atoms with Crippen LogP contribution in [-0.2, 0) is 6.18 Å². The number of benzene rings is 1. The zero-order chi connectivity index (χ0) is 15.5. The highest BCUT2D eigenvalue weighted by Crippen LogP contribution is 2.36. The summed E-state index contributed by atoms with van der Waals surface area (Å²) in [4.78, 5) is 1.91. The number of nitrogens with one attached hydrogen (secondary N) is 1. The molecular formula is C14H18F4N2O. The Morgan fingerprint density at radius 2 is 1.90 bits per heavy atom. The highest BCUT2D eigenvalue weighted by molar-refractivity contribution is 5.30. The summed E-state index contributed by atoms with van der Waals surface area (Å²) in [6.45, 7) is 2.41. The summed E-state index contributed by atoms with van der Waals surface area (Å²) in [6, 6.07) is 2.78. The van der Waals surface area contributed by atoms with Crippen LogP contribution in [0.25, 0.3) is 0 Å². The standard InChI is InChI=1S/C14H18F4N2O/c15-13-10(2-1-3-11(13)14(16,17)18)12(4-9-21)20-7-5-19-6-8-20/h1-3,12,19,21H,4-9H2/t12-/m1/s1. The minimum atomic E-state index is -4.71. The fraction of sp³-hybridized carbons (Fsp3) is 0.571. The van der Waals surface area contributed by atoms with Gasteiger partial charge in [0.05, 0.1) is 5.56 Å². The van der Waals surface area contributed by atoms with E-state index in [4.69, 9.17) is 5.11 Å². The zero-order valence-corrected chi connectivity index (χ0v) is 11.5. The van der Waals surface area contributed by atoms with E-state index in [-0.39, 0.29) is 18.6 Å². The molecule has 0 aromatic heterocycles. The van der Waals surface area contributed by atoms with E-state index in [0.717, 1.165) is 6.07 Å². The summed E-state index contributed by atoms with van der Waals surface area (Å²) in [5, 5.41) is 12.3. The Balaban J connectivity index is 2.36. The van der Waals surface area contributed by atoms with E-state index >= 15 is 0 Å². The molecule has 7 heteroatoms. The number of halogens is 4. The maximum atomic E-state index is 14.3. The Bertz CT molecular complexity index is 473. The number of aliphatic hydroxyl groups is 1. The van der Waals surface area contributed by atoms with E-state index < -0.39 is 23.6 Å². The summed E-state index contributed by atoms with van der Waals surface area (Å²) in [5.41, 5.74) is -1.25. The number of rotatable bonds is 4. The molecule has 0 unspecified atom stereocenters. The largest absolute Gasteiger partial charge is 0.419 e. The average molecular weight is 306 g/mol. The summed E-state index contributed by atoms with van der Waals surface area (Å²) in [5.74, 6) is -1.23. The molecule has 2 N–H and O–H groups in total. The summed E-state index contributed by atoms with van der Waals surface area (Å²) in [6.07, 6.45) is -4.51. The second-order valence-electron chi connectivity index (χ2n) is 5.02. The van der Waals surface area contributed by atoms with Crippen LogP contribution in [-0.4, -0.2) is 42.8 Å². The first-order valence-electron chi connectivity index (χ1n) is 6.86. The molecule has 1 aromatic carbocycles. The number of aliphatic hydroxyl groups excluding tert-OH is 1. The third-order valence-electron chi connectivity index (χ3n) is 3.69. The van der Waals surface area contributed by atoms with Crippen molar-refractivity contribution in [1.82, 2.24) is 10.2 Å². The van der Waals surface area contributed by atoms with Crippen LogP contribution in [0.4, 0.5) is 17.6 Å². The maximum absolute atomic E-state index is 14.3. The lowest BCUT2D eigenvalue weighted by Crippen LogP contribution is -2.45. The molecule has 0 spiro atoms. The monoisotopic (exact) mass is 306 g/mol. The fourth-order valence-electron chi connectivity index (χ4n) is 2.68. The molecular weight excluding hydrogens is 288 g/mol. The molecule has 0 radical (unpaired) electrons. The van der Waals surface area contributed by atoms with Crippen molar-refractivity contribution in [2.45, 2.75) is 18.6 Å². The van der Waals surface area contributed by atoms with Crippen LogP contribution in [0.5, 0.6) is 0 Å². The molecule has 2 rings (SSSR count). The van der Waals surface area contributed by atoms with Gasteiger partial charge in [0.2, 0.25) is 0 Å². The topological polar surface area (TPSA) is 35.5 Å². The first-order chi connectivity index (χ1) is 9.95. The molecule has 1 aliphatic rings. The highest BCUT2D eigenvalue weighted by atomic mass is 19.4. The quantitative estimate of drug-likeness (QED) is 0.837. The number of hydrogen-bond donors (Lipinski definition) is 2. The average Bonchev–Trinajstić information content (AvgIpc) is 2.45. The minimum Gasteiger partial charge on any atom is -0.396 e. The lowest BCUT2D eigenvalue weighted by molar-refractivity contribution is -0.140. The van der Waals surface area contributed by atoms with Crippen LogP contribution in [0.3, 0.4) is 0 Å². The Labute approximate surface area is 120 Å². The van der Waals surface area contributed by atoms with Crippen LogP contribution in [0.2, 0.25) is 0 Å². The lowest BCUT2D eigenvalue weighted by atomic mass is 9.98. The van der Waals surface area contributed by atoms with Crippen molar-refractivity contribution in [3.63, 3.8) is 0 Å². The van der Waals surface area contributed by atoms with Gasteiger partial charge in [-0.2, -0.15) is 13.2 Å². The van der Waals surface area contributed by atoms with Crippen LogP contribution in [0.15, 0.2) is 18.2 Å². The Kier molecular flexibility index (Phi) is 5.18. The summed E-state index contributed by atoms with van der Waals surface area (Å²) in [7, 11) is 0. The molecule has 1 fully saturated rings. The molecule has 1 atom stereocenters. The third-order valence-corrected chi connectivity index (χ3v) is 3.69. The minimum absolute atomic E-state index is 0.000718. The predicted molar refractivity (Wildman–Crippen MR) is 70.3 cm³/mol. The van der Waals surface area contributed by atoms with Gasteiger partial charge in [0.15, 0.2) is 0 Å². The van der Waals surface area contributed by atoms with E-state index in [2.05, 4.69) is 5.32 Å². The summed E-state index contributed by atoms with van der Waals surface area (Å²) >= 11 is 0. The molecule has 1 aliphatic heterocycles. The van der Waals surface area contributed by atoms with Crippen LogP contribution in [0, 0.1) is 5.82 Å². The van der Waals surface area contributed by atoms with Crippen molar-refractivity contribution < 1.29 is 22.7 Å². The number of nitrogens with zero attached hydrogens (tertiary/aromatic N) is 1. The smallest absolute Gasteiger partial charge is 0.396 e. The summed E-state index contributed by atoms with van der Waals surface area (Å²) < 4.78 is 52.7. The van der Waals surface area contributed by atoms with E-state index in [1.165, 1.54) is 12.1 Å². The predicted octanol–water partition coefficient (Wildman–Crippen LogP) is 2.17. The van der Waals surface area contributed by atoms with Crippen molar-refractivity contribution >= 4 is 0 Å². The molecule has 1 saturated heterocycles. The molecule has 118 valence electrons. The second kappa shape index (κ2) is 6.72. The molecule has 0 amide bonds. The van der Waals surface area contributed by atoms with E-state index in [1.807, 2.05) is 4.90 Å². The molecule has 1 aromatic rings. The Morgan fingerprint density at radius 3 is 2.48 bits per heavy atom. The zero-order valence-electron chi connectivity index (χ0n) is 11.5.